The van der Waals surface area contributed by atoms with Gasteiger partial charge in [0.1, 0.15) is 24.2 Å². The lowest BCUT2D eigenvalue weighted by Gasteiger charge is -2.29. The number of primary amides is 1. The number of amides is 5. The predicted octanol–water partition coefficient (Wildman–Crippen LogP) is -3.02. The zero-order valence-corrected chi connectivity index (χ0v) is 20.8. The van der Waals surface area contributed by atoms with Gasteiger partial charge in [0, 0.05) is 19.4 Å². The Morgan fingerprint density at radius 3 is 2.34 bits per heavy atom. The zero-order chi connectivity index (χ0) is 28.2. The Balaban J connectivity index is 2.04. The van der Waals surface area contributed by atoms with Crippen LogP contribution in [-0.4, -0.2) is 94.5 Å². The van der Waals surface area contributed by atoms with Gasteiger partial charge in [0.15, 0.2) is 0 Å². The van der Waals surface area contributed by atoms with Crippen molar-refractivity contribution in [2.45, 2.75) is 56.3 Å². The summed E-state index contributed by atoms with van der Waals surface area (Å²) in [5.41, 5.74) is 11.4. The standard InChI is InChI=1S/C24H34N6O8/c25-15(13-31)21(34)29-17(11-14-5-2-1-3-6-14)23(36)30-10-4-7-18(30)22(35)27-12-20(33)28-16(24(37)38)8-9-19(26)32/h1-3,5-6,15-18,31H,4,7-13,25H2,(H2,26,32)(H,27,35)(H,28,33)(H,29,34)(H,37,38)/t15-,16-,17-,18-/m0/s1. The number of aliphatic hydroxyl groups is 1. The van der Waals surface area contributed by atoms with Crippen LogP contribution in [0.5, 0.6) is 0 Å². The third-order valence-electron chi connectivity index (χ3n) is 6.01. The number of rotatable bonds is 14. The Labute approximate surface area is 219 Å². The van der Waals surface area contributed by atoms with Gasteiger partial charge in [-0.3, -0.25) is 24.0 Å². The summed E-state index contributed by atoms with van der Waals surface area (Å²) >= 11 is 0. The van der Waals surface area contributed by atoms with E-state index in [9.17, 15) is 39.0 Å². The van der Waals surface area contributed by atoms with Crippen LogP contribution in [0.15, 0.2) is 30.3 Å². The number of carboxylic acid groups (broad SMARTS) is 1. The molecule has 1 fully saturated rings. The van der Waals surface area contributed by atoms with Crippen LogP contribution in [0.3, 0.4) is 0 Å². The molecule has 4 atom stereocenters. The molecule has 9 N–H and O–H groups in total. The molecule has 38 heavy (non-hydrogen) atoms. The number of likely N-dealkylation sites (tertiary alicyclic amines) is 1. The summed E-state index contributed by atoms with van der Waals surface area (Å²) in [4.78, 5) is 74.4. The highest BCUT2D eigenvalue weighted by Crippen LogP contribution is 2.20. The quantitative estimate of drug-likeness (QED) is 0.128. The summed E-state index contributed by atoms with van der Waals surface area (Å²) in [5.74, 6) is -4.73. The van der Waals surface area contributed by atoms with Gasteiger partial charge in [-0.2, -0.15) is 0 Å². The van der Waals surface area contributed by atoms with Gasteiger partial charge in [-0.25, -0.2) is 4.79 Å². The van der Waals surface area contributed by atoms with E-state index in [0.717, 1.165) is 5.56 Å². The Hall–Kier alpha value is -4.04. The maximum absolute atomic E-state index is 13.4. The van der Waals surface area contributed by atoms with Crippen molar-refractivity contribution < 1.29 is 39.0 Å². The smallest absolute Gasteiger partial charge is 0.326 e. The summed E-state index contributed by atoms with van der Waals surface area (Å²) in [6.45, 7) is -0.919. The van der Waals surface area contributed by atoms with Crippen molar-refractivity contribution in [3.8, 4) is 0 Å². The highest BCUT2D eigenvalue weighted by molar-refractivity contribution is 5.95. The van der Waals surface area contributed by atoms with Crippen molar-refractivity contribution in [2.75, 3.05) is 19.7 Å². The van der Waals surface area contributed by atoms with Gasteiger partial charge in [0.25, 0.3) is 0 Å². The summed E-state index contributed by atoms with van der Waals surface area (Å²) < 4.78 is 0. The molecule has 2 rings (SSSR count). The molecule has 5 amide bonds. The molecule has 0 aromatic heterocycles. The van der Waals surface area contributed by atoms with Crippen LogP contribution in [0.2, 0.25) is 0 Å². The normalized spacial score (nSPS) is 17.1. The van der Waals surface area contributed by atoms with E-state index in [2.05, 4.69) is 16.0 Å². The molecule has 1 heterocycles. The van der Waals surface area contributed by atoms with Crippen molar-refractivity contribution in [3.63, 3.8) is 0 Å². The molecule has 14 nitrogen and oxygen atoms in total. The number of nitrogens with two attached hydrogens (primary N) is 2. The number of carbonyl (C=O) groups excluding carboxylic acids is 5. The van der Waals surface area contributed by atoms with Gasteiger partial charge < -0.3 is 42.5 Å². The molecule has 0 radical (unpaired) electrons. The number of hydrogen-bond donors (Lipinski definition) is 7. The molecule has 1 saturated heterocycles. The first-order valence-electron chi connectivity index (χ1n) is 12.1. The van der Waals surface area contributed by atoms with E-state index in [4.69, 9.17) is 11.5 Å². The molecule has 0 spiro atoms. The van der Waals surface area contributed by atoms with Gasteiger partial charge in [-0.1, -0.05) is 30.3 Å². The molecule has 14 heteroatoms. The van der Waals surface area contributed by atoms with Gasteiger partial charge in [-0.15, -0.1) is 0 Å². The lowest BCUT2D eigenvalue weighted by atomic mass is 10.0. The minimum atomic E-state index is -1.36. The first-order valence-corrected chi connectivity index (χ1v) is 12.1. The fourth-order valence-corrected chi connectivity index (χ4v) is 3.99. The van der Waals surface area contributed by atoms with Crippen LogP contribution in [0, 0.1) is 0 Å². The Morgan fingerprint density at radius 2 is 1.74 bits per heavy atom. The maximum atomic E-state index is 13.4. The van der Waals surface area contributed by atoms with E-state index in [1.54, 1.807) is 30.3 Å². The van der Waals surface area contributed by atoms with E-state index in [1.807, 2.05) is 0 Å². The second kappa shape index (κ2) is 14.6. The van der Waals surface area contributed by atoms with Crippen LogP contribution in [0.4, 0.5) is 0 Å². The minimum absolute atomic E-state index is 0.124. The zero-order valence-electron chi connectivity index (χ0n) is 20.8. The first-order chi connectivity index (χ1) is 18.0. The number of aliphatic hydroxyl groups excluding tert-OH is 1. The van der Waals surface area contributed by atoms with E-state index >= 15 is 0 Å². The van der Waals surface area contributed by atoms with Crippen LogP contribution in [0.1, 0.15) is 31.2 Å². The highest BCUT2D eigenvalue weighted by atomic mass is 16.4. The van der Waals surface area contributed by atoms with Crippen LogP contribution in [-0.2, 0) is 35.2 Å². The number of nitrogens with zero attached hydrogens (tertiary/aromatic N) is 1. The van der Waals surface area contributed by atoms with Gasteiger partial charge in [0.2, 0.25) is 29.5 Å². The molecule has 0 saturated carbocycles. The van der Waals surface area contributed by atoms with Crippen molar-refractivity contribution in [2.24, 2.45) is 11.5 Å². The monoisotopic (exact) mass is 534 g/mol. The number of aliphatic carboxylic acids is 1. The Kier molecular flexibility index (Phi) is 11.6. The fraction of sp³-hybridized carbons (Fsp3) is 0.500. The fourth-order valence-electron chi connectivity index (χ4n) is 3.99. The lowest BCUT2D eigenvalue weighted by Crippen LogP contribution is -2.57. The van der Waals surface area contributed by atoms with Gasteiger partial charge >= 0.3 is 5.97 Å². The third-order valence-corrected chi connectivity index (χ3v) is 6.01. The van der Waals surface area contributed by atoms with E-state index in [1.165, 1.54) is 4.90 Å². The van der Waals surface area contributed by atoms with E-state index in [-0.39, 0.29) is 25.8 Å². The van der Waals surface area contributed by atoms with Crippen LogP contribution in [0.25, 0.3) is 0 Å². The summed E-state index contributed by atoms with van der Waals surface area (Å²) in [6.07, 6.45) is 0.499. The SMILES string of the molecule is NC(=O)CC[C@H](NC(=O)CNC(=O)[C@@H]1CCCN1C(=O)[C@H](Cc1ccccc1)NC(=O)[C@@H](N)CO)C(=O)O. The summed E-state index contributed by atoms with van der Waals surface area (Å²) in [7, 11) is 0. The maximum Gasteiger partial charge on any atom is 0.326 e. The molecule has 0 aliphatic carbocycles. The average Bonchev–Trinajstić information content (AvgIpc) is 3.38. The van der Waals surface area contributed by atoms with E-state index < -0.39 is 72.8 Å². The van der Waals surface area contributed by atoms with Crippen molar-refractivity contribution in [1.82, 2.24) is 20.9 Å². The molecule has 1 aromatic carbocycles. The molecule has 1 aliphatic heterocycles. The van der Waals surface area contributed by atoms with Crippen LogP contribution >= 0.6 is 0 Å². The minimum Gasteiger partial charge on any atom is -0.480 e. The first kappa shape index (κ1) is 30.2. The number of hydrogen-bond acceptors (Lipinski definition) is 8. The topological polar surface area (TPSA) is 234 Å². The van der Waals surface area contributed by atoms with E-state index in [0.29, 0.717) is 12.8 Å². The Bertz CT molecular complexity index is 1020. The van der Waals surface area contributed by atoms with Gasteiger partial charge in [-0.05, 0) is 24.8 Å². The second-order valence-corrected chi connectivity index (χ2v) is 8.91. The number of carbonyl (C=O) groups is 6. The van der Waals surface area contributed by atoms with Crippen LogP contribution < -0.4 is 27.4 Å². The van der Waals surface area contributed by atoms with Crippen molar-refractivity contribution >= 4 is 35.5 Å². The number of benzene rings is 1. The molecule has 0 unspecified atom stereocenters. The van der Waals surface area contributed by atoms with Crippen molar-refractivity contribution in [1.29, 1.82) is 0 Å². The highest BCUT2D eigenvalue weighted by Gasteiger charge is 2.38. The number of nitrogens with one attached hydrogen (secondary N) is 3. The number of carboxylic acids is 1. The largest absolute Gasteiger partial charge is 0.480 e. The molecule has 1 aromatic rings. The van der Waals surface area contributed by atoms with Crippen molar-refractivity contribution in [3.05, 3.63) is 35.9 Å². The molecule has 0 bridgehead atoms. The summed E-state index contributed by atoms with van der Waals surface area (Å²) in [6, 6.07) is 4.35. The average molecular weight is 535 g/mol. The summed E-state index contributed by atoms with van der Waals surface area (Å²) in [5, 5.41) is 25.6. The lowest BCUT2D eigenvalue weighted by molar-refractivity contribution is -0.143. The van der Waals surface area contributed by atoms with Gasteiger partial charge in [0.05, 0.1) is 13.2 Å². The molecular formula is C24H34N6O8. The second-order valence-electron chi connectivity index (χ2n) is 8.91. The predicted molar refractivity (Wildman–Crippen MR) is 133 cm³/mol. The molecular weight excluding hydrogens is 500 g/mol. The Morgan fingerprint density at radius 1 is 1.05 bits per heavy atom. The molecule has 208 valence electrons. The third kappa shape index (κ3) is 9.12. The molecule has 1 aliphatic rings.